The molecule has 1 aromatic heterocycles. The van der Waals surface area contributed by atoms with Crippen LogP contribution in [0.1, 0.15) is 41.7 Å². The van der Waals surface area contributed by atoms with Gasteiger partial charge < -0.3 is 5.32 Å². The van der Waals surface area contributed by atoms with Gasteiger partial charge in [-0.05, 0) is 74.4 Å². The summed E-state index contributed by atoms with van der Waals surface area (Å²) in [6.45, 7) is 0. The highest BCUT2D eigenvalue weighted by atomic mass is 35.5. The van der Waals surface area contributed by atoms with Gasteiger partial charge in [0.25, 0.3) is 5.91 Å². The number of carbonyl (C=O) groups excluding carboxylic acids is 1. The number of nitrogens with zero attached hydrogens (tertiary/aromatic N) is 3. The van der Waals surface area contributed by atoms with E-state index in [-0.39, 0.29) is 28.3 Å². The van der Waals surface area contributed by atoms with Crippen molar-refractivity contribution in [3.8, 4) is 0 Å². The molecule has 0 unspecified atom stereocenters. The molecule has 10 heteroatoms. The van der Waals surface area contributed by atoms with Crippen molar-refractivity contribution < 1.29 is 18.0 Å². The van der Waals surface area contributed by atoms with Crippen molar-refractivity contribution >= 4 is 29.2 Å². The molecule has 1 amide bonds. The Balaban J connectivity index is 1.48. The molecule has 0 spiro atoms. The quantitative estimate of drug-likeness (QED) is 0.355. The van der Waals surface area contributed by atoms with E-state index in [2.05, 4.69) is 25.6 Å². The average molecular weight is 502 g/mol. The maximum atomic E-state index is 13.8. The number of nitrogens with one attached hydrogen (secondary N) is 2. The van der Waals surface area contributed by atoms with E-state index in [1.807, 2.05) is 0 Å². The topological polar surface area (TPSA) is 79.3 Å². The molecular formula is C25H23ClF3N5O. The maximum absolute atomic E-state index is 13.8. The van der Waals surface area contributed by atoms with E-state index in [0.29, 0.717) is 5.92 Å². The molecule has 182 valence electrons. The molecule has 6 nitrogen and oxygen atoms in total. The lowest BCUT2D eigenvalue weighted by Crippen LogP contribution is -2.37. The summed E-state index contributed by atoms with van der Waals surface area (Å²) >= 11 is 5.95. The smallest absolute Gasteiger partial charge is 0.258 e. The van der Waals surface area contributed by atoms with Gasteiger partial charge in [-0.2, -0.15) is 0 Å². The number of benzene rings is 2. The van der Waals surface area contributed by atoms with Crippen molar-refractivity contribution in [2.24, 2.45) is 10.9 Å². The normalized spacial score (nSPS) is 18.2. The lowest BCUT2D eigenvalue weighted by molar-refractivity contribution is 0.0976. The monoisotopic (exact) mass is 501 g/mol. The summed E-state index contributed by atoms with van der Waals surface area (Å²) in [4.78, 5) is 25.8. The standard InChI is InChI=1S/C25H23ClF3N5O/c26-17-11-18(27)13-20(12-17)33-25(34-24(35)16-3-6-22(28)23(29)10-16)32-19-4-1-15(2-5-19)9-21-14-30-7-8-31-21/h3,6-8,10-15,19H,1-2,4-5,9H2,(H2,32,33,34,35). The Morgan fingerprint density at radius 1 is 1.03 bits per heavy atom. The fourth-order valence-corrected chi connectivity index (χ4v) is 4.29. The summed E-state index contributed by atoms with van der Waals surface area (Å²) in [6, 6.07) is 6.61. The first kappa shape index (κ1) is 24.7. The van der Waals surface area contributed by atoms with Crippen LogP contribution in [0.2, 0.25) is 5.02 Å². The number of halogens is 4. The van der Waals surface area contributed by atoms with E-state index in [9.17, 15) is 18.0 Å². The van der Waals surface area contributed by atoms with Crippen LogP contribution in [0.25, 0.3) is 0 Å². The molecule has 1 aliphatic carbocycles. The van der Waals surface area contributed by atoms with Crippen LogP contribution in [-0.4, -0.2) is 27.9 Å². The number of guanidine groups is 1. The first-order chi connectivity index (χ1) is 16.9. The van der Waals surface area contributed by atoms with Gasteiger partial charge in [0.2, 0.25) is 5.96 Å². The van der Waals surface area contributed by atoms with Crippen LogP contribution >= 0.6 is 11.6 Å². The fourth-order valence-electron chi connectivity index (χ4n) is 4.07. The van der Waals surface area contributed by atoms with Crippen LogP contribution in [0, 0.1) is 23.4 Å². The number of hydrogen-bond acceptors (Lipinski definition) is 4. The molecule has 3 aromatic rings. The van der Waals surface area contributed by atoms with Gasteiger partial charge in [0.05, 0.1) is 11.7 Å². The van der Waals surface area contributed by atoms with Crippen LogP contribution in [0.5, 0.6) is 0 Å². The SMILES string of the molecule is O=C(NC(=NC1CCC(Cc2cnccn2)CC1)Nc1cc(F)cc(Cl)c1)c1ccc(F)c(F)c1. The summed E-state index contributed by atoms with van der Waals surface area (Å²) in [5.41, 5.74) is 1.16. The second-order valence-electron chi connectivity index (χ2n) is 8.42. The second-order valence-corrected chi connectivity index (χ2v) is 8.86. The fraction of sp³-hybridized carbons (Fsp3) is 0.280. The summed E-state index contributed by atoms with van der Waals surface area (Å²) in [6.07, 6.45) is 9.32. The van der Waals surface area contributed by atoms with Crippen LogP contribution in [0.15, 0.2) is 60.0 Å². The Morgan fingerprint density at radius 2 is 1.83 bits per heavy atom. The van der Waals surface area contributed by atoms with Gasteiger partial charge in [0.15, 0.2) is 11.6 Å². The largest absolute Gasteiger partial charge is 0.326 e. The van der Waals surface area contributed by atoms with Gasteiger partial charge >= 0.3 is 0 Å². The van der Waals surface area contributed by atoms with Gasteiger partial charge in [0.1, 0.15) is 5.82 Å². The zero-order valence-corrected chi connectivity index (χ0v) is 19.4. The Hall–Kier alpha value is -3.46. The number of amides is 1. The van der Waals surface area contributed by atoms with Crippen molar-refractivity contribution in [3.05, 3.63) is 88.7 Å². The molecule has 0 radical (unpaired) electrons. The minimum atomic E-state index is -1.14. The van der Waals surface area contributed by atoms with Gasteiger partial charge in [-0.25, -0.2) is 18.2 Å². The molecule has 0 atom stereocenters. The zero-order valence-electron chi connectivity index (χ0n) is 18.6. The lowest BCUT2D eigenvalue weighted by Gasteiger charge is -2.26. The summed E-state index contributed by atoms with van der Waals surface area (Å²) in [7, 11) is 0. The molecule has 0 aliphatic heterocycles. The molecular weight excluding hydrogens is 479 g/mol. The number of rotatable bonds is 5. The molecule has 2 N–H and O–H groups in total. The van der Waals surface area contributed by atoms with Gasteiger partial charge in [-0.15, -0.1) is 0 Å². The van der Waals surface area contributed by atoms with E-state index in [4.69, 9.17) is 11.6 Å². The Labute approximate surface area is 205 Å². The molecule has 4 rings (SSSR count). The number of aromatic nitrogens is 2. The third-order valence-corrected chi connectivity index (χ3v) is 6.00. The Kier molecular flexibility index (Phi) is 7.97. The van der Waals surface area contributed by atoms with Crippen molar-refractivity contribution in [2.75, 3.05) is 5.32 Å². The summed E-state index contributed by atoms with van der Waals surface area (Å²) in [5.74, 6) is -2.92. The summed E-state index contributed by atoms with van der Waals surface area (Å²) < 4.78 is 40.7. The zero-order chi connectivity index (χ0) is 24.8. The highest BCUT2D eigenvalue weighted by molar-refractivity contribution is 6.31. The van der Waals surface area contributed by atoms with Crippen molar-refractivity contribution in [3.63, 3.8) is 0 Å². The molecule has 0 bridgehead atoms. The van der Waals surface area contributed by atoms with Crippen molar-refractivity contribution in [1.29, 1.82) is 0 Å². The van der Waals surface area contributed by atoms with E-state index in [0.717, 1.165) is 56.0 Å². The van der Waals surface area contributed by atoms with Crippen molar-refractivity contribution in [1.82, 2.24) is 15.3 Å². The van der Waals surface area contributed by atoms with E-state index in [1.165, 1.54) is 18.2 Å². The first-order valence-electron chi connectivity index (χ1n) is 11.2. The molecule has 35 heavy (non-hydrogen) atoms. The molecule has 0 saturated heterocycles. The van der Waals surface area contributed by atoms with Crippen LogP contribution in [-0.2, 0) is 6.42 Å². The highest BCUT2D eigenvalue weighted by Crippen LogP contribution is 2.29. The van der Waals surface area contributed by atoms with E-state index < -0.39 is 23.4 Å². The molecule has 1 heterocycles. The van der Waals surface area contributed by atoms with Crippen molar-refractivity contribution in [2.45, 2.75) is 38.1 Å². The number of aliphatic imine (C=N–C) groups is 1. The maximum Gasteiger partial charge on any atom is 0.258 e. The van der Waals surface area contributed by atoms with Gasteiger partial charge in [-0.1, -0.05) is 11.6 Å². The van der Waals surface area contributed by atoms with Crippen LogP contribution in [0.4, 0.5) is 18.9 Å². The number of carbonyl (C=O) groups is 1. The van der Waals surface area contributed by atoms with E-state index >= 15 is 0 Å². The third kappa shape index (κ3) is 7.02. The highest BCUT2D eigenvalue weighted by Gasteiger charge is 2.23. The van der Waals surface area contributed by atoms with E-state index in [1.54, 1.807) is 18.6 Å². The first-order valence-corrected chi connectivity index (χ1v) is 11.6. The number of anilines is 1. The van der Waals surface area contributed by atoms with Crippen LogP contribution in [0.3, 0.4) is 0 Å². The molecule has 1 fully saturated rings. The minimum absolute atomic E-state index is 0.0683. The molecule has 2 aromatic carbocycles. The van der Waals surface area contributed by atoms with Crippen LogP contribution < -0.4 is 10.6 Å². The Bertz CT molecular complexity index is 1200. The molecule has 1 saturated carbocycles. The van der Waals surface area contributed by atoms with Gasteiger partial charge in [-0.3, -0.25) is 20.1 Å². The lowest BCUT2D eigenvalue weighted by atomic mass is 9.83. The third-order valence-electron chi connectivity index (χ3n) is 5.78. The average Bonchev–Trinajstić information content (AvgIpc) is 2.82. The summed E-state index contributed by atoms with van der Waals surface area (Å²) in [5, 5.41) is 5.66. The Morgan fingerprint density at radius 3 is 2.51 bits per heavy atom. The minimum Gasteiger partial charge on any atom is -0.326 e. The predicted molar refractivity (Wildman–Crippen MR) is 128 cm³/mol. The molecule has 1 aliphatic rings. The predicted octanol–water partition coefficient (Wildman–Crippen LogP) is 5.55. The number of hydrogen-bond donors (Lipinski definition) is 2. The van der Waals surface area contributed by atoms with Gasteiger partial charge in [0, 0.05) is 34.9 Å². The second kappa shape index (κ2) is 11.3.